The van der Waals surface area contributed by atoms with E-state index in [1.807, 2.05) is 31.2 Å². The van der Waals surface area contributed by atoms with Crippen LogP contribution in [0.15, 0.2) is 33.1 Å². The van der Waals surface area contributed by atoms with E-state index in [9.17, 15) is 4.79 Å². The first-order chi connectivity index (χ1) is 10.5. The largest absolute Gasteiger partial charge is 0.360 e. The molecule has 0 saturated heterocycles. The maximum absolute atomic E-state index is 12.4. The molecule has 1 heterocycles. The number of nitrogens with zero attached hydrogens (tertiary/aromatic N) is 2. The number of ketones is 1. The van der Waals surface area contributed by atoms with Gasteiger partial charge in [-0.2, -0.15) is 0 Å². The van der Waals surface area contributed by atoms with Gasteiger partial charge in [-0.05, 0) is 25.0 Å². The predicted octanol–water partition coefficient (Wildman–Crippen LogP) is 4.73. The molecule has 0 fully saturated rings. The summed E-state index contributed by atoms with van der Waals surface area (Å²) in [5, 5.41) is 12.1. The van der Waals surface area contributed by atoms with E-state index in [4.69, 9.17) is 0 Å². The minimum absolute atomic E-state index is 0.101. The third-order valence-corrected chi connectivity index (χ3v) is 5.44. The average Bonchev–Trinajstić information content (AvgIpc) is 2.92. The molecule has 7 heteroatoms. The second-order valence-corrected chi connectivity index (χ2v) is 8.76. The minimum Gasteiger partial charge on any atom is -0.360 e. The van der Waals surface area contributed by atoms with Gasteiger partial charge in [-0.15, -0.1) is 10.2 Å². The first-order valence-electron chi connectivity index (χ1n) is 6.99. The number of aromatic nitrogens is 2. The SMILES string of the molecule is CC(C)CNc1nnc(SC(C)C(=O)c2ccc(Br)cc2)s1. The van der Waals surface area contributed by atoms with E-state index in [0.717, 1.165) is 20.5 Å². The van der Waals surface area contributed by atoms with E-state index in [1.165, 1.54) is 23.1 Å². The van der Waals surface area contributed by atoms with Crippen molar-refractivity contribution in [1.29, 1.82) is 0 Å². The van der Waals surface area contributed by atoms with Gasteiger partial charge >= 0.3 is 0 Å². The summed E-state index contributed by atoms with van der Waals surface area (Å²) >= 11 is 6.31. The van der Waals surface area contributed by atoms with E-state index < -0.39 is 0 Å². The number of hydrogen-bond donors (Lipinski definition) is 1. The van der Waals surface area contributed by atoms with Gasteiger partial charge in [0.2, 0.25) is 5.13 Å². The highest BCUT2D eigenvalue weighted by atomic mass is 79.9. The van der Waals surface area contributed by atoms with Crippen LogP contribution in [0.2, 0.25) is 0 Å². The van der Waals surface area contributed by atoms with Crippen LogP contribution in [-0.2, 0) is 0 Å². The Hall–Kier alpha value is -0.920. The number of anilines is 1. The second-order valence-electron chi connectivity index (χ2n) is 5.28. The summed E-state index contributed by atoms with van der Waals surface area (Å²) in [6, 6.07) is 7.42. The van der Waals surface area contributed by atoms with Gasteiger partial charge in [0.05, 0.1) is 5.25 Å². The molecule has 0 bridgehead atoms. The van der Waals surface area contributed by atoms with Gasteiger partial charge in [-0.3, -0.25) is 4.79 Å². The van der Waals surface area contributed by atoms with Crippen molar-refractivity contribution in [2.45, 2.75) is 30.4 Å². The summed E-state index contributed by atoms with van der Waals surface area (Å²) in [7, 11) is 0. The summed E-state index contributed by atoms with van der Waals surface area (Å²) in [4.78, 5) is 12.4. The molecule has 0 aliphatic carbocycles. The number of Topliss-reactive ketones (excluding diaryl/α,β-unsaturated/α-hetero) is 1. The van der Waals surface area contributed by atoms with Crippen molar-refractivity contribution in [2.24, 2.45) is 5.92 Å². The first-order valence-corrected chi connectivity index (χ1v) is 9.48. The van der Waals surface area contributed by atoms with E-state index in [1.54, 1.807) is 0 Å². The van der Waals surface area contributed by atoms with Crippen molar-refractivity contribution >= 4 is 49.9 Å². The average molecular weight is 400 g/mol. The lowest BCUT2D eigenvalue weighted by Gasteiger charge is -2.08. The highest BCUT2D eigenvalue weighted by molar-refractivity contribution is 9.10. The Kier molecular flexibility index (Phi) is 6.40. The maximum atomic E-state index is 12.4. The Morgan fingerprint density at radius 3 is 2.59 bits per heavy atom. The van der Waals surface area contributed by atoms with Gasteiger partial charge in [-0.1, -0.05) is 65.0 Å². The maximum Gasteiger partial charge on any atom is 0.206 e. The fraction of sp³-hybridized carbons (Fsp3) is 0.400. The van der Waals surface area contributed by atoms with Crippen LogP contribution in [0.1, 0.15) is 31.1 Å². The van der Waals surface area contributed by atoms with E-state index >= 15 is 0 Å². The van der Waals surface area contributed by atoms with Gasteiger partial charge in [0, 0.05) is 16.6 Å². The fourth-order valence-corrected chi connectivity index (χ4v) is 3.92. The minimum atomic E-state index is -0.188. The summed E-state index contributed by atoms with van der Waals surface area (Å²) in [6.07, 6.45) is 0. The number of carbonyl (C=O) groups excluding carboxylic acids is 1. The molecule has 1 unspecified atom stereocenters. The van der Waals surface area contributed by atoms with Gasteiger partial charge < -0.3 is 5.32 Å². The molecule has 1 aromatic heterocycles. The highest BCUT2D eigenvalue weighted by Crippen LogP contribution is 2.30. The summed E-state index contributed by atoms with van der Waals surface area (Å²) < 4.78 is 1.78. The Balaban J connectivity index is 1.95. The lowest BCUT2D eigenvalue weighted by molar-refractivity contribution is 0.0994. The quantitative estimate of drug-likeness (QED) is 0.538. The van der Waals surface area contributed by atoms with Crippen molar-refractivity contribution in [2.75, 3.05) is 11.9 Å². The molecule has 2 rings (SSSR count). The molecule has 22 heavy (non-hydrogen) atoms. The number of thioether (sulfide) groups is 1. The van der Waals surface area contributed by atoms with Crippen molar-refractivity contribution < 1.29 is 4.79 Å². The molecule has 4 nitrogen and oxygen atoms in total. The molecule has 0 radical (unpaired) electrons. The predicted molar refractivity (Wildman–Crippen MR) is 97.0 cm³/mol. The number of hydrogen-bond acceptors (Lipinski definition) is 6. The van der Waals surface area contributed by atoms with Crippen molar-refractivity contribution in [1.82, 2.24) is 10.2 Å². The topological polar surface area (TPSA) is 54.9 Å². The molecule has 1 aromatic carbocycles. The normalized spacial score (nSPS) is 12.4. The Morgan fingerprint density at radius 1 is 1.27 bits per heavy atom. The molecular formula is C15H18BrN3OS2. The van der Waals surface area contributed by atoms with Gasteiger partial charge in [0.15, 0.2) is 10.1 Å². The zero-order valence-corrected chi connectivity index (χ0v) is 15.9. The van der Waals surface area contributed by atoms with Crippen LogP contribution in [0.5, 0.6) is 0 Å². The van der Waals surface area contributed by atoms with Crippen LogP contribution in [-0.4, -0.2) is 27.8 Å². The Bertz CT molecular complexity index is 628. The third kappa shape index (κ3) is 5.07. The van der Waals surface area contributed by atoms with Gasteiger partial charge in [0.25, 0.3) is 0 Å². The lowest BCUT2D eigenvalue weighted by atomic mass is 10.1. The number of carbonyl (C=O) groups is 1. The van der Waals surface area contributed by atoms with Crippen molar-refractivity contribution in [3.8, 4) is 0 Å². The summed E-state index contributed by atoms with van der Waals surface area (Å²) in [6.45, 7) is 7.05. The first kappa shape index (κ1) is 17.4. The van der Waals surface area contributed by atoms with Crippen LogP contribution >= 0.6 is 39.0 Å². The molecule has 0 aliphatic rings. The molecule has 0 amide bonds. The zero-order valence-electron chi connectivity index (χ0n) is 12.7. The number of nitrogens with one attached hydrogen (secondary N) is 1. The van der Waals surface area contributed by atoms with Crippen LogP contribution in [0, 0.1) is 5.92 Å². The molecule has 118 valence electrons. The van der Waals surface area contributed by atoms with Crippen molar-refractivity contribution in [3.05, 3.63) is 34.3 Å². The lowest BCUT2D eigenvalue weighted by Crippen LogP contribution is -2.13. The van der Waals surface area contributed by atoms with Crippen LogP contribution in [0.25, 0.3) is 0 Å². The molecular weight excluding hydrogens is 382 g/mol. The monoisotopic (exact) mass is 399 g/mol. The molecule has 0 aliphatic heterocycles. The van der Waals surface area contributed by atoms with Crippen LogP contribution < -0.4 is 5.32 Å². The molecule has 0 saturated carbocycles. The summed E-state index contributed by atoms with van der Waals surface area (Å²) in [5.74, 6) is 0.655. The second kappa shape index (κ2) is 8.08. The zero-order chi connectivity index (χ0) is 16.1. The number of rotatable bonds is 7. The van der Waals surface area contributed by atoms with Gasteiger partial charge in [-0.25, -0.2) is 0 Å². The van der Waals surface area contributed by atoms with Crippen LogP contribution in [0.4, 0.5) is 5.13 Å². The van der Waals surface area contributed by atoms with E-state index in [-0.39, 0.29) is 11.0 Å². The molecule has 0 spiro atoms. The van der Waals surface area contributed by atoms with Crippen molar-refractivity contribution in [3.63, 3.8) is 0 Å². The highest BCUT2D eigenvalue weighted by Gasteiger charge is 2.18. The van der Waals surface area contributed by atoms with E-state index in [0.29, 0.717) is 11.5 Å². The molecule has 1 N–H and O–H groups in total. The van der Waals surface area contributed by atoms with Gasteiger partial charge in [0.1, 0.15) is 0 Å². The number of benzene rings is 1. The summed E-state index contributed by atoms with van der Waals surface area (Å²) in [5.41, 5.74) is 0.714. The Labute approximate surface area is 147 Å². The fourth-order valence-electron chi connectivity index (χ4n) is 1.67. The van der Waals surface area contributed by atoms with E-state index in [2.05, 4.69) is 45.3 Å². The number of halogens is 1. The van der Waals surface area contributed by atoms with Crippen LogP contribution in [0.3, 0.4) is 0 Å². The molecule has 2 aromatic rings. The third-order valence-electron chi connectivity index (χ3n) is 2.84. The standard InChI is InChI=1S/C15H18BrN3OS2/c1-9(2)8-17-14-18-19-15(22-14)21-10(3)13(20)11-4-6-12(16)7-5-11/h4-7,9-10H,8H2,1-3H3,(H,17,18). The Morgan fingerprint density at radius 2 is 1.95 bits per heavy atom. The smallest absolute Gasteiger partial charge is 0.206 e. The molecule has 1 atom stereocenters.